The second-order valence-corrected chi connectivity index (χ2v) is 8.31. The molecule has 0 aromatic heterocycles. The van der Waals surface area contributed by atoms with E-state index in [9.17, 15) is 0 Å². The molecule has 0 unspecified atom stereocenters. The molecule has 3 rings (SSSR count). The van der Waals surface area contributed by atoms with E-state index < -0.39 is 0 Å². The molecule has 0 saturated carbocycles. The smallest absolute Gasteiger partial charge is 1.00 e. The number of rotatable bonds is 0. The summed E-state index contributed by atoms with van der Waals surface area (Å²) in [5, 5.41) is 0. The zero-order valence-electron chi connectivity index (χ0n) is 15.3. The Labute approximate surface area is 178 Å². The van der Waals surface area contributed by atoms with E-state index >= 15 is 0 Å². The standard InChI is InChI=1S/C21H25.2ClH.Hf/c1-20(2,3)16-7-9-18-14(12-16)11-15-13-17(21(4,5)6)8-10-19(15)18;;;/h7-10,12H,11H2,1-6H3;2*1H;/q-1;;;+4/p-2. The van der Waals surface area contributed by atoms with Crippen molar-refractivity contribution in [3.63, 3.8) is 0 Å². The van der Waals surface area contributed by atoms with Gasteiger partial charge in [-0.15, -0.1) is 11.1 Å². The van der Waals surface area contributed by atoms with E-state index in [0.717, 1.165) is 6.42 Å². The van der Waals surface area contributed by atoms with Gasteiger partial charge < -0.3 is 24.8 Å². The molecule has 2 aromatic carbocycles. The van der Waals surface area contributed by atoms with Crippen molar-refractivity contribution in [1.82, 2.24) is 0 Å². The summed E-state index contributed by atoms with van der Waals surface area (Å²) in [7, 11) is 0. The molecule has 3 heteroatoms. The Kier molecular flexibility index (Phi) is 8.02. The maximum absolute atomic E-state index is 3.67. The minimum atomic E-state index is 0. The van der Waals surface area contributed by atoms with Gasteiger partial charge in [0, 0.05) is 0 Å². The van der Waals surface area contributed by atoms with E-state index in [1.807, 2.05) is 0 Å². The summed E-state index contributed by atoms with van der Waals surface area (Å²) < 4.78 is 0. The van der Waals surface area contributed by atoms with Crippen LogP contribution in [0.1, 0.15) is 63.8 Å². The van der Waals surface area contributed by atoms with E-state index in [0.29, 0.717) is 0 Å². The van der Waals surface area contributed by atoms with Crippen molar-refractivity contribution in [2.75, 3.05) is 0 Å². The first-order chi connectivity index (χ1) is 9.66. The fourth-order valence-corrected chi connectivity index (χ4v) is 3.03. The van der Waals surface area contributed by atoms with E-state index in [4.69, 9.17) is 0 Å². The summed E-state index contributed by atoms with van der Waals surface area (Å²) in [4.78, 5) is 0. The average Bonchev–Trinajstić information content (AvgIpc) is 2.73. The topological polar surface area (TPSA) is 0 Å². The molecule has 0 bridgehead atoms. The third-order valence-corrected chi connectivity index (χ3v) is 4.46. The molecule has 126 valence electrons. The van der Waals surface area contributed by atoms with Crippen molar-refractivity contribution >= 4 is 0 Å². The van der Waals surface area contributed by atoms with Crippen molar-refractivity contribution in [2.45, 2.75) is 58.8 Å². The van der Waals surface area contributed by atoms with Crippen LogP contribution in [0, 0.1) is 6.07 Å². The first-order valence-electron chi connectivity index (χ1n) is 7.86. The molecule has 0 saturated heterocycles. The molecular formula is C21H25Cl2Hf+. The summed E-state index contributed by atoms with van der Waals surface area (Å²) in [6, 6.07) is 15.2. The Morgan fingerprint density at radius 1 is 0.792 bits per heavy atom. The molecule has 0 amide bonds. The van der Waals surface area contributed by atoms with E-state index in [1.54, 1.807) is 0 Å². The average molecular weight is 527 g/mol. The first kappa shape index (κ1) is 23.9. The number of fused-ring (bicyclic) bond motifs is 3. The third-order valence-electron chi connectivity index (χ3n) is 4.46. The van der Waals surface area contributed by atoms with Crippen LogP contribution < -0.4 is 24.8 Å². The van der Waals surface area contributed by atoms with Crippen molar-refractivity contribution in [2.24, 2.45) is 0 Å². The van der Waals surface area contributed by atoms with Gasteiger partial charge in [0.25, 0.3) is 0 Å². The van der Waals surface area contributed by atoms with Crippen molar-refractivity contribution in [1.29, 1.82) is 0 Å². The Balaban J connectivity index is 0.00000176. The van der Waals surface area contributed by atoms with Gasteiger partial charge in [-0.05, 0) is 28.4 Å². The van der Waals surface area contributed by atoms with Crippen molar-refractivity contribution < 1.29 is 50.7 Å². The van der Waals surface area contributed by atoms with Crippen molar-refractivity contribution in [3.05, 3.63) is 58.7 Å². The molecule has 1 aliphatic carbocycles. The van der Waals surface area contributed by atoms with Crippen LogP contribution in [0.15, 0.2) is 30.3 Å². The normalized spacial score (nSPS) is 12.2. The molecular weight excluding hydrogens is 502 g/mol. The zero-order chi connectivity index (χ0) is 15.4. The molecule has 1 aliphatic rings. The molecule has 0 atom stereocenters. The van der Waals surface area contributed by atoms with Gasteiger partial charge in [0.2, 0.25) is 0 Å². The summed E-state index contributed by atoms with van der Waals surface area (Å²) in [5.74, 6) is 0. The number of halogens is 2. The molecule has 0 radical (unpaired) electrons. The van der Waals surface area contributed by atoms with Gasteiger partial charge in [0.05, 0.1) is 0 Å². The van der Waals surface area contributed by atoms with Gasteiger partial charge in [-0.2, -0.15) is 23.8 Å². The molecule has 0 N–H and O–H groups in total. The molecule has 24 heavy (non-hydrogen) atoms. The van der Waals surface area contributed by atoms with Crippen LogP contribution in [0.25, 0.3) is 11.1 Å². The van der Waals surface area contributed by atoms with Gasteiger partial charge >= 0.3 is 25.8 Å². The van der Waals surface area contributed by atoms with Gasteiger partial charge in [0.15, 0.2) is 0 Å². The minimum Gasteiger partial charge on any atom is -1.00 e. The van der Waals surface area contributed by atoms with Crippen LogP contribution in [0.4, 0.5) is 0 Å². The molecule has 0 nitrogen and oxygen atoms in total. The number of benzene rings is 2. The maximum Gasteiger partial charge on any atom is 4.00 e. The Hall–Kier alpha value is -0.110. The molecule has 0 fully saturated rings. The summed E-state index contributed by atoms with van der Waals surface area (Å²) in [6.45, 7) is 13.6. The molecule has 0 aliphatic heterocycles. The summed E-state index contributed by atoms with van der Waals surface area (Å²) in [6.07, 6.45) is 1.03. The van der Waals surface area contributed by atoms with Gasteiger partial charge in [-0.1, -0.05) is 65.3 Å². The fraction of sp³-hybridized carbons (Fsp3) is 0.429. The van der Waals surface area contributed by atoms with E-state index in [1.165, 1.54) is 33.4 Å². The maximum atomic E-state index is 3.67. The summed E-state index contributed by atoms with van der Waals surface area (Å²) in [5.41, 5.74) is 8.70. The third kappa shape index (κ3) is 4.54. The molecule has 0 heterocycles. The fourth-order valence-electron chi connectivity index (χ4n) is 3.03. The predicted molar refractivity (Wildman–Crippen MR) is 90.9 cm³/mol. The SMILES string of the molecule is CC(C)(C)c1[c-]c2c(cc1)-c1ccc(C(C)(C)C)cc1C2.[Cl-].[Cl-].[Hf+4]. The Bertz CT molecular complexity index is 645. The second kappa shape index (κ2) is 8.06. The Morgan fingerprint density at radius 3 is 1.92 bits per heavy atom. The van der Waals surface area contributed by atoms with Gasteiger partial charge in [0.1, 0.15) is 0 Å². The minimum absolute atomic E-state index is 0. The van der Waals surface area contributed by atoms with Crippen LogP contribution in [-0.4, -0.2) is 0 Å². The molecule has 2 aromatic rings. The van der Waals surface area contributed by atoms with Gasteiger partial charge in [-0.25, -0.2) is 0 Å². The van der Waals surface area contributed by atoms with E-state index in [2.05, 4.69) is 77.9 Å². The molecule has 0 spiro atoms. The number of hydrogen-bond donors (Lipinski definition) is 0. The van der Waals surface area contributed by atoms with E-state index in [-0.39, 0.29) is 61.5 Å². The second-order valence-electron chi connectivity index (χ2n) is 8.31. The van der Waals surface area contributed by atoms with Crippen LogP contribution in [0.2, 0.25) is 0 Å². The Morgan fingerprint density at radius 2 is 1.38 bits per heavy atom. The van der Waals surface area contributed by atoms with Crippen LogP contribution in [-0.2, 0) is 43.1 Å². The van der Waals surface area contributed by atoms with Crippen LogP contribution >= 0.6 is 0 Å². The van der Waals surface area contributed by atoms with Crippen LogP contribution in [0.3, 0.4) is 0 Å². The monoisotopic (exact) mass is 527 g/mol. The first-order valence-corrected chi connectivity index (χ1v) is 7.86. The summed E-state index contributed by atoms with van der Waals surface area (Å²) >= 11 is 0. The predicted octanol–water partition coefficient (Wildman–Crippen LogP) is -0.342. The van der Waals surface area contributed by atoms with Crippen LogP contribution in [0.5, 0.6) is 0 Å². The zero-order valence-corrected chi connectivity index (χ0v) is 20.5. The van der Waals surface area contributed by atoms with Gasteiger partial charge in [-0.3, -0.25) is 0 Å². The largest absolute Gasteiger partial charge is 4.00 e. The number of hydrogen-bond acceptors (Lipinski definition) is 0. The van der Waals surface area contributed by atoms with Crippen molar-refractivity contribution in [3.8, 4) is 11.1 Å². The quantitative estimate of drug-likeness (QED) is 0.278.